The van der Waals surface area contributed by atoms with E-state index in [1.165, 1.54) is 35.1 Å². The largest absolute Gasteiger partial charge is 0.481 e. The van der Waals surface area contributed by atoms with Crippen LogP contribution in [0.2, 0.25) is 0 Å². The molecule has 0 radical (unpaired) electrons. The zero-order valence-corrected chi connectivity index (χ0v) is 16.3. The zero-order valence-electron chi connectivity index (χ0n) is 16.3. The van der Waals surface area contributed by atoms with Crippen molar-refractivity contribution in [1.29, 1.82) is 0 Å². The van der Waals surface area contributed by atoms with Crippen LogP contribution in [0.4, 0.5) is 0 Å². The molecule has 2 aromatic carbocycles. The highest BCUT2D eigenvalue weighted by molar-refractivity contribution is 5.81. The molecule has 3 heteroatoms. The van der Waals surface area contributed by atoms with Crippen molar-refractivity contribution in [2.24, 2.45) is 0 Å². The maximum absolute atomic E-state index is 12.6. The SMILES string of the molecule is Cc1ccc(C)c([C@H](C)NC(=O)[C@H](C)Oc2ccc3c(c2)CCCC3)c1. The quantitative estimate of drug-likeness (QED) is 0.838. The molecule has 1 amide bonds. The van der Waals surface area contributed by atoms with E-state index in [4.69, 9.17) is 4.74 Å². The van der Waals surface area contributed by atoms with Crippen LogP contribution in [0.5, 0.6) is 5.75 Å². The number of ether oxygens (including phenoxy) is 1. The second-order valence-electron chi connectivity index (χ2n) is 7.49. The van der Waals surface area contributed by atoms with E-state index in [0.29, 0.717) is 0 Å². The van der Waals surface area contributed by atoms with Gasteiger partial charge in [0.1, 0.15) is 5.75 Å². The Morgan fingerprint density at radius 1 is 1.00 bits per heavy atom. The van der Waals surface area contributed by atoms with E-state index in [-0.39, 0.29) is 11.9 Å². The van der Waals surface area contributed by atoms with Crippen molar-refractivity contribution in [1.82, 2.24) is 5.32 Å². The minimum Gasteiger partial charge on any atom is -0.481 e. The molecule has 2 aromatic rings. The van der Waals surface area contributed by atoms with Gasteiger partial charge in [0.2, 0.25) is 0 Å². The van der Waals surface area contributed by atoms with E-state index in [1.807, 2.05) is 19.9 Å². The Morgan fingerprint density at radius 3 is 2.50 bits per heavy atom. The molecule has 0 spiro atoms. The summed E-state index contributed by atoms with van der Waals surface area (Å²) in [6.45, 7) is 7.97. The summed E-state index contributed by atoms with van der Waals surface area (Å²) in [5.41, 5.74) is 6.32. The van der Waals surface area contributed by atoms with Gasteiger partial charge in [-0.15, -0.1) is 0 Å². The third-order valence-electron chi connectivity index (χ3n) is 5.26. The first-order valence-electron chi connectivity index (χ1n) is 9.60. The summed E-state index contributed by atoms with van der Waals surface area (Å²) in [6, 6.07) is 12.5. The van der Waals surface area contributed by atoms with Gasteiger partial charge in [-0.1, -0.05) is 29.8 Å². The molecular formula is C23H29NO2. The summed E-state index contributed by atoms with van der Waals surface area (Å²) in [5.74, 6) is 0.698. The van der Waals surface area contributed by atoms with Crippen LogP contribution in [-0.2, 0) is 17.6 Å². The Hall–Kier alpha value is -2.29. The second-order valence-corrected chi connectivity index (χ2v) is 7.49. The lowest BCUT2D eigenvalue weighted by Crippen LogP contribution is -2.38. The fourth-order valence-corrected chi connectivity index (χ4v) is 3.68. The summed E-state index contributed by atoms with van der Waals surface area (Å²) < 4.78 is 5.92. The molecular weight excluding hydrogens is 322 g/mol. The standard InChI is InChI=1S/C23H29NO2/c1-15-9-10-16(2)22(13-15)17(3)24-23(25)18(4)26-21-12-11-19-7-5-6-8-20(19)14-21/h9-14,17-18H,5-8H2,1-4H3,(H,24,25)/t17-,18-/m0/s1. The van der Waals surface area contributed by atoms with Crippen LogP contribution in [-0.4, -0.2) is 12.0 Å². The third-order valence-corrected chi connectivity index (χ3v) is 5.26. The molecule has 0 aliphatic heterocycles. The Labute approximate surface area is 156 Å². The van der Waals surface area contributed by atoms with E-state index in [0.717, 1.165) is 24.2 Å². The molecule has 0 bridgehead atoms. The first kappa shape index (κ1) is 18.5. The Balaban J connectivity index is 1.63. The van der Waals surface area contributed by atoms with Crippen molar-refractivity contribution >= 4 is 5.91 Å². The highest BCUT2D eigenvalue weighted by atomic mass is 16.5. The molecule has 0 aromatic heterocycles. The summed E-state index contributed by atoms with van der Waals surface area (Å²) in [6.07, 6.45) is 4.24. The van der Waals surface area contributed by atoms with Gasteiger partial charge in [-0.2, -0.15) is 0 Å². The molecule has 26 heavy (non-hydrogen) atoms. The molecule has 0 unspecified atom stereocenters. The molecule has 3 nitrogen and oxygen atoms in total. The van der Waals surface area contributed by atoms with Gasteiger partial charge in [0, 0.05) is 0 Å². The molecule has 138 valence electrons. The monoisotopic (exact) mass is 351 g/mol. The van der Waals surface area contributed by atoms with Gasteiger partial charge in [0.25, 0.3) is 5.91 Å². The molecule has 0 fully saturated rings. The van der Waals surface area contributed by atoms with E-state index in [9.17, 15) is 4.79 Å². The number of benzene rings is 2. The highest BCUT2D eigenvalue weighted by Gasteiger charge is 2.19. The highest BCUT2D eigenvalue weighted by Crippen LogP contribution is 2.26. The van der Waals surface area contributed by atoms with Crippen LogP contribution >= 0.6 is 0 Å². The Morgan fingerprint density at radius 2 is 1.73 bits per heavy atom. The van der Waals surface area contributed by atoms with Gasteiger partial charge < -0.3 is 10.1 Å². The summed E-state index contributed by atoms with van der Waals surface area (Å²) in [7, 11) is 0. The van der Waals surface area contributed by atoms with Crippen LogP contribution in [0.1, 0.15) is 60.5 Å². The number of nitrogens with one attached hydrogen (secondary N) is 1. The smallest absolute Gasteiger partial charge is 0.261 e. The molecule has 3 rings (SSSR count). The molecule has 2 atom stereocenters. The number of rotatable bonds is 5. The summed E-state index contributed by atoms with van der Waals surface area (Å²) in [4.78, 5) is 12.6. The first-order valence-corrected chi connectivity index (χ1v) is 9.60. The fourth-order valence-electron chi connectivity index (χ4n) is 3.68. The van der Waals surface area contributed by atoms with Crippen LogP contribution < -0.4 is 10.1 Å². The molecule has 0 heterocycles. The van der Waals surface area contributed by atoms with Crippen LogP contribution in [0.25, 0.3) is 0 Å². The average Bonchev–Trinajstić information content (AvgIpc) is 2.63. The van der Waals surface area contributed by atoms with Crippen molar-refractivity contribution in [2.75, 3.05) is 0 Å². The second kappa shape index (κ2) is 7.94. The van der Waals surface area contributed by atoms with E-state index in [1.54, 1.807) is 0 Å². The third kappa shape index (κ3) is 4.27. The van der Waals surface area contributed by atoms with E-state index >= 15 is 0 Å². The van der Waals surface area contributed by atoms with Crippen LogP contribution in [0, 0.1) is 13.8 Å². The minimum atomic E-state index is -0.524. The van der Waals surface area contributed by atoms with Gasteiger partial charge in [0.15, 0.2) is 6.10 Å². The molecule has 1 aliphatic carbocycles. The van der Waals surface area contributed by atoms with E-state index < -0.39 is 6.10 Å². The summed E-state index contributed by atoms with van der Waals surface area (Å²) >= 11 is 0. The number of carbonyl (C=O) groups excluding carboxylic acids is 1. The number of carbonyl (C=O) groups is 1. The topological polar surface area (TPSA) is 38.3 Å². The van der Waals surface area contributed by atoms with Crippen molar-refractivity contribution < 1.29 is 9.53 Å². The molecule has 0 saturated heterocycles. The molecule has 1 N–H and O–H groups in total. The minimum absolute atomic E-state index is 0.0445. The molecule has 1 aliphatic rings. The van der Waals surface area contributed by atoms with Crippen molar-refractivity contribution in [3.63, 3.8) is 0 Å². The first-order chi connectivity index (χ1) is 12.4. The number of fused-ring (bicyclic) bond motifs is 1. The predicted molar refractivity (Wildman–Crippen MR) is 106 cm³/mol. The number of aryl methyl sites for hydroxylation is 4. The number of hydrogen-bond donors (Lipinski definition) is 1. The Bertz CT molecular complexity index is 797. The Kier molecular flexibility index (Phi) is 5.65. The maximum atomic E-state index is 12.6. The van der Waals surface area contributed by atoms with Crippen molar-refractivity contribution in [2.45, 2.75) is 65.5 Å². The summed E-state index contributed by atoms with van der Waals surface area (Å²) in [5, 5.41) is 3.08. The van der Waals surface area contributed by atoms with Gasteiger partial charge >= 0.3 is 0 Å². The van der Waals surface area contributed by atoms with Crippen molar-refractivity contribution in [3.8, 4) is 5.75 Å². The maximum Gasteiger partial charge on any atom is 0.261 e. The lowest BCUT2D eigenvalue weighted by molar-refractivity contribution is -0.127. The van der Waals surface area contributed by atoms with Gasteiger partial charge in [-0.3, -0.25) is 4.79 Å². The number of amides is 1. The lowest BCUT2D eigenvalue weighted by atomic mass is 9.92. The van der Waals surface area contributed by atoms with Crippen LogP contribution in [0.3, 0.4) is 0 Å². The van der Waals surface area contributed by atoms with Crippen LogP contribution in [0.15, 0.2) is 36.4 Å². The van der Waals surface area contributed by atoms with Gasteiger partial charge in [0.05, 0.1) is 6.04 Å². The zero-order chi connectivity index (χ0) is 18.7. The fraction of sp³-hybridized carbons (Fsp3) is 0.435. The lowest BCUT2D eigenvalue weighted by Gasteiger charge is -2.22. The number of hydrogen-bond acceptors (Lipinski definition) is 2. The van der Waals surface area contributed by atoms with Crippen molar-refractivity contribution in [3.05, 3.63) is 64.2 Å². The molecule has 0 saturated carbocycles. The van der Waals surface area contributed by atoms with Gasteiger partial charge in [-0.05, 0) is 87.8 Å². The predicted octanol–water partition coefficient (Wildman–Crippen LogP) is 4.83. The normalized spacial score (nSPS) is 15.7. The van der Waals surface area contributed by atoms with E-state index in [2.05, 4.69) is 49.5 Å². The van der Waals surface area contributed by atoms with Gasteiger partial charge in [-0.25, -0.2) is 0 Å². The average molecular weight is 351 g/mol.